The number of hydrogen-bond donors (Lipinski definition) is 2. The van der Waals surface area contributed by atoms with Gasteiger partial charge in [0.2, 0.25) is 5.91 Å². The van der Waals surface area contributed by atoms with Crippen LogP contribution in [0.25, 0.3) is 0 Å². The zero-order chi connectivity index (χ0) is 17.0. The van der Waals surface area contributed by atoms with Gasteiger partial charge in [-0.25, -0.2) is 4.39 Å². The summed E-state index contributed by atoms with van der Waals surface area (Å²) in [6.07, 6.45) is 2.84. The fraction of sp³-hybridized carbons (Fsp3) is 0.611. The molecule has 1 aliphatic rings. The minimum atomic E-state index is -0.456. The fourth-order valence-corrected chi connectivity index (χ4v) is 3.10. The highest BCUT2D eigenvalue weighted by molar-refractivity contribution is 5.85. The number of halogens is 2. The molecule has 3 atom stereocenters. The number of amides is 1. The summed E-state index contributed by atoms with van der Waals surface area (Å²) in [6.45, 7) is 7.62. The Balaban J connectivity index is 0.00000288. The summed E-state index contributed by atoms with van der Waals surface area (Å²) >= 11 is 0. The normalized spacial score (nSPS) is 20.0. The summed E-state index contributed by atoms with van der Waals surface area (Å²) in [4.78, 5) is 14.5. The van der Waals surface area contributed by atoms with Gasteiger partial charge < -0.3 is 16.0 Å². The lowest BCUT2D eigenvalue weighted by Crippen LogP contribution is -2.53. The summed E-state index contributed by atoms with van der Waals surface area (Å²) in [5, 5.41) is 3.08. The number of nitrogens with zero attached hydrogens (tertiary/aromatic N) is 1. The molecule has 3 unspecified atom stereocenters. The number of anilines is 1. The van der Waals surface area contributed by atoms with Crippen LogP contribution in [-0.4, -0.2) is 31.1 Å². The van der Waals surface area contributed by atoms with E-state index >= 15 is 0 Å². The topological polar surface area (TPSA) is 58.4 Å². The summed E-state index contributed by atoms with van der Waals surface area (Å²) in [5.74, 6) is -0.108. The van der Waals surface area contributed by atoms with E-state index in [-0.39, 0.29) is 36.1 Å². The second-order valence-electron chi connectivity index (χ2n) is 6.64. The van der Waals surface area contributed by atoms with Crippen molar-refractivity contribution in [3.8, 4) is 0 Å². The minimum Gasteiger partial charge on any atom is -0.369 e. The SMILES string of the molecule is CCC(C)C(N)C(=O)NC1CCCN(c2ccc(F)cc2C)C1.Cl. The molecule has 1 aliphatic heterocycles. The highest BCUT2D eigenvalue weighted by Crippen LogP contribution is 2.24. The lowest BCUT2D eigenvalue weighted by molar-refractivity contribution is -0.124. The van der Waals surface area contributed by atoms with E-state index in [0.29, 0.717) is 0 Å². The summed E-state index contributed by atoms with van der Waals surface area (Å²) in [7, 11) is 0. The van der Waals surface area contributed by atoms with E-state index in [1.807, 2.05) is 26.8 Å². The number of hydrogen-bond acceptors (Lipinski definition) is 3. The Morgan fingerprint density at radius 2 is 2.21 bits per heavy atom. The Morgan fingerprint density at radius 1 is 1.50 bits per heavy atom. The zero-order valence-electron chi connectivity index (χ0n) is 14.7. The van der Waals surface area contributed by atoms with Crippen molar-refractivity contribution in [3.63, 3.8) is 0 Å². The number of nitrogens with two attached hydrogens (primary N) is 1. The van der Waals surface area contributed by atoms with Crippen LogP contribution < -0.4 is 16.0 Å². The summed E-state index contributed by atoms with van der Waals surface area (Å²) in [5.41, 5.74) is 7.97. The zero-order valence-corrected chi connectivity index (χ0v) is 15.5. The fourth-order valence-electron chi connectivity index (χ4n) is 3.10. The van der Waals surface area contributed by atoms with Crippen LogP contribution >= 0.6 is 12.4 Å². The highest BCUT2D eigenvalue weighted by atomic mass is 35.5. The van der Waals surface area contributed by atoms with Gasteiger partial charge in [-0.2, -0.15) is 0 Å². The molecule has 0 saturated carbocycles. The first-order valence-corrected chi connectivity index (χ1v) is 8.49. The monoisotopic (exact) mass is 357 g/mol. The predicted molar refractivity (Wildman–Crippen MR) is 99.2 cm³/mol. The van der Waals surface area contributed by atoms with Crippen molar-refractivity contribution in [1.29, 1.82) is 0 Å². The number of carbonyl (C=O) groups is 1. The molecule has 136 valence electrons. The van der Waals surface area contributed by atoms with Crippen LogP contribution in [0.4, 0.5) is 10.1 Å². The highest BCUT2D eigenvalue weighted by Gasteiger charge is 2.26. The molecule has 0 aromatic heterocycles. The summed E-state index contributed by atoms with van der Waals surface area (Å²) < 4.78 is 13.3. The van der Waals surface area contributed by atoms with E-state index in [9.17, 15) is 9.18 Å². The van der Waals surface area contributed by atoms with Crippen LogP contribution in [0, 0.1) is 18.7 Å². The molecule has 1 heterocycles. The molecule has 0 spiro atoms. The molecule has 4 nitrogen and oxygen atoms in total. The van der Waals surface area contributed by atoms with Gasteiger partial charge in [-0.3, -0.25) is 4.79 Å². The van der Waals surface area contributed by atoms with Crippen LogP contribution in [0.2, 0.25) is 0 Å². The van der Waals surface area contributed by atoms with Gasteiger partial charge in [0.1, 0.15) is 5.82 Å². The van der Waals surface area contributed by atoms with Crippen molar-refractivity contribution in [2.75, 3.05) is 18.0 Å². The van der Waals surface area contributed by atoms with Crippen molar-refractivity contribution in [2.45, 2.75) is 52.1 Å². The molecule has 0 aliphatic carbocycles. The Labute approximate surface area is 150 Å². The molecular weight excluding hydrogens is 329 g/mol. The second-order valence-corrected chi connectivity index (χ2v) is 6.64. The van der Waals surface area contributed by atoms with Gasteiger partial charge >= 0.3 is 0 Å². The van der Waals surface area contributed by atoms with E-state index in [0.717, 1.165) is 43.6 Å². The largest absolute Gasteiger partial charge is 0.369 e. The molecule has 1 fully saturated rings. The quantitative estimate of drug-likeness (QED) is 0.851. The summed E-state index contributed by atoms with van der Waals surface area (Å²) in [6, 6.07) is 4.50. The molecule has 1 saturated heterocycles. The number of carbonyl (C=O) groups excluding carboxylic acids is 1. The first-order valence-electron chi connectivity index (χ1n) is 8.49. The van der Waals surface area contributed by atoms with E-state index in [2.05, 4.69) is 10.2 Å². The number of aryl methyl sites for hydroxylation is 1. The molecule has 1 aromatic rings. The van der Waals surface area contributed by atoms with Gasteiger partial charge in [0, 0.05) is 24.8 Å². The second kappa shape index (κ2) is 9.23. The average molecular weight is 358 g/mol. The smallest absolute Gasteiger partial charge is 0.237 e. The third kappa shape index (κ3) is 5.08. The third-order valence-electron chi connectivity index (χ3n) is 4.83. The lowest BCUT2D eigenvalue weighted by atomic mass is 9.98. The minimum absolute atomic E-state index is 0. The van der Waals surface area contributed by atoms with Crippen LogP contribution in [0.5, 0.6) is 0 Å². The van der Waals surface area contributed by atoms with E-state index in [1.165, 1.54) is 6.07 Å². The standard InChI is InChI=1S/C18H28FN3O.ClH/c1-4-12(2)17(20)18(23)21-15-6-5-9-22(11-15)16-8-7-14(19)10-13(16)3;/h7-8,10,12,15,17H,4-6,9,11,20H2,1-3H3,(H,21,23);1H. The van der Waals surface area contributed by atoms with Gasteiger partial charge in [0.25, 0.3) is 0 Å². The maximum atomic E-state index is 13.3. The first kappa shape index (κ1) is 20.7. The molecule has 24 heavy (non-hydrogen) atoms. The van der Waals surface area contributed by atoms with Gasteiger partial charge in [0.05, 0.1) is 6.04 Å². The van der Waals surface area contributed by atoms with E-state index in [4.69, 9.17) is 5.73 Å². The van der Waals surface area contributed by atoms with Crippen molar-refractivity contribution >= 4 is 24.0 Å². The van der Waals surface area contributed by atoms with Gasteiger partial charge in [-0.1, -0.05) is 20.3 Å². The molecule has 2 rings (SSSR count). The maximum absolute atomic E-state index is 13.3. The number of piperidine rings is 1. The van der Waals surface area contributed by atoms with Gasteiger partial charge in [-0.15, -0.1) is 12.4 Å². The van der Waals surface area contributed by atoms with Crippen molar-refractivity contribution in [1.82, 2.24) is 5.32 Å². The van der Waals surface area contributed by atoms with Crippen LogP contribution in [0.15, 0.2) is 18.2 Å². The molecule has 1 amide bonds. The first-order chi connectivity index (χ1) is 10.9. The number of nitrogens with one attached hydrogen (secondary N) is 1. The molecule has 6 heteroatoms. The lowest BCUT2D eigenvalue weighted by Gasteiger charge is -2.36. The van der Waals surface area contributed by atoms with Crippen LogP contribution in [-0.2, 0) is 4.79 Å². The Bertz CT molecular complexity index is 555. The number of rotatable bonds is 5. The molecule has 0 radical (unpaired) electrons. The van der Waals surface area contributed by atoms with E-state index < -0.39 is 6.04 Å². The van der Waals surface area contributed by atoms with Crippen molar-refractivity contribution in [3.05, 3.63) is 29.6 Å². The molecular formula is C18H29ClFN3O. The Morgan fingerprint density at radius 3 is 2.83 bits per heavy atom. The van der Waals surface area contributed by atoms with Crippen molar-refractivity contribution in [2.24, 2.45) is 11.7 Å². The third-order valence-corrected chi connectivity index (χ3v) is 4.83. The Hall–Kier alpha value is -1.33. The van der Waals surface area contributed by atoms with Gasteiger partial charge in [-0.05, 0) is 49.4 Å². The Kier molecular flexibility index (Phi) is 7.97. The van der Waals surface area contributed by atoms with Crippen LogP contribution in [0.1, 0.15) is 38.7 Å². The van der Waals surface area contributed by atoms with Crippen LogP contribution in [0.3, 0.4) is 0 Å². The molecule has 3 N–H and O–H groups in total. The average Bonchev–Trinajstić information content (AvgIpc) is 2.53. The molecule has 0 bridgehead atoms. The predicted octanol–water partition coefficient (Wildman–Crippen LogP) is 3.01. The van der Waals surface area contributed by atoms with E-state index in [1.54, 1.807) is 6.07 Å². The number of benzene rings is 1. The van der Waals surface area contributed by atoms with Gasteiger partial charge in [0.15, 0.2) is 0 Å². The van der Waals surface area contributed by atoms with Crippen molar-refractivity contribution < 1.29 is 9.18 Å². The maximum Gasteiger partial charge on any atom is 0.237 e. The molecule has 1 aromatic carbocycles.